The predicted molar refractivity (Wildman–Crippen MR) is 173 cm³/mol. The Morgan fingerprint density at radius 3 is 2.52 bits per heavy atom. The van der Waals surface area contributed by atoms with Gasteiger partial charge in [0.15, 0.2) is 11.6 Å². The molecule has 1 heterocycles. The highest BCUT2D eigenvalue weighted by Gasteiger charge is 2.53. The lowest BCUT2D eigenvalue weighted by Gasteiger charge is -2.32. The molecule has 0 aliphatic carbocycles. The van der Waals surface area contributed by atoms with Gasteiger partial charge >= 0.3 is 0 Å². The van der Waals surface area contributed by atoms with Gasteiger partial charge in [-0.3, -0.25) is 4.79 Å². The highest BCUT2D eigenvalue weighted by Crippen LogP contribution is 2.45. The van der Waals surface area contributed by atoms with Gasteiger partial charge in [-0.25, -0.2) is 4.99 Å². The quantitative estimate of drug-likeness (QED) is 0.0785. The Labute approximate surface area is 266 Å². The van der Waals surface area contributed by atoms with Crippen LogP contribution in [-0.2, 0) is 27.2 Å². The first-order valence-corrected chi connectivity index (χ1v) is 15.5. The molecule has 3 aromatic rings. The molecule has 232 valence electrons. The topological polar surface area (TPSA) is 138 Å². The summed E-state index contributed by atoms with van der Waals surface area (Å²) in [6, 6.07) is 22.6. The minimum atomic E-state index is -1.39. The molecule has 4 rings (SSSR count). The number of halogens is 1. The molecular formula is C33H38BrN5O5. The second-order valence-electron chi connectivity index (χ2n) is 10.7. The predicted octanol–water partition coefficient (Wildman–Crippen LogP) is 6.45. The van der Waals surface area contributed by atoms with Crippen LogP contribution in [0.15, 0.2) is 87.4 Å². The summed E-state index contributed by atoms with van der Waals surface area (Å²) in [6.07, 6.45) is 0.714. The number of carbonyl (C=O) groups is 1. The zero-order valence-corrected chi connectivity index (χ0v) is 26.6. The number of hydrogen-bond acceptors (Lipinski definition) is 7. The van der Waals surface area contributed by atoms with Gasteiger partial charge in [0.05, 0.1) is 19.3 Å². The van der Waals surface area contributed by atoms with Gasteiger partial charge in [-0.15, -0.1) is 0 Å². The van der Waals surface area contributed by atoms with E-state index in [1.807, 2.05) is 86.6 Å². The van der Waals surface area contributed by atoms with Crippen LogP contribution in [0.1, 0.15) is 55.0 Å². The number of hydrogen-bond donors (Lipinski definition) is 2. The van der Waals surface area contributed by atoms with Crippen molar-refractivity contribution in [3.05, 3.63) is 110 Å². The largest absolute Gasteiger partial charge is 0.494 e. The van der Waals surface area contributed by atoms with Gasteiger partial charge in [0.2, 0.25) is 5.90 Å². The van der Waals surface area contributed by atoms with Gasteiger partial charge in [-0.1, -0.05) is 63.5 Å². The number of nitrogens with zero attached hydrogens (tertiary/aromatic N) is 4. The van der Waals surface area contributed by atoms with Crippen molar-refractivity contribution in [3.8, 4) is 5.75 Å². The third-order valence-electron chi connectivity index (χ3n) is 7.16. The first-order chi connectivity index (χ1) is 21.4. The van der Waals surface area contributed by atoms with E-state index in [0.717, 1.165) is 21.2 Å². The van der Waals surface area contributed by atoms with Gasteiger partial charge in [-0.05, 0) is 67.3 Å². The average Bonchev–Trinajstić information content (AvgIpc) is 3.41. The van der Waals surface area contributed by atoms with Crippen LogP contribution >= 0.6 is 15.9 Å². The lowest BCUT2D eigenvalue weighted by Crippen LogP contribution is -2.50. The molecule has 0 radical (unpaired) electrons. The van der Waals surface area contributed by atoms with Crippen LogP contribution in [0.4, 0.5) is 0 Å². The number of carbonyl (C=O) groups excluding carboxylic acids is 1. The van der Waals surface area contributed by atoms with Crippen LogP contribution in [0.3, 0.4) is 0 Å². The lowest BCUT2D eigenvalue weighted by molar-refractivity contribution is -0.129. The maximum Gasteiger partial charge on any atom is 0.252 e. The summed E-state index contributed by atoms with van der Waals surface area (Å²) >= 11 is 3.67. The summed E-state index contributed by atoms with van der Waals surface area (Å²) < 4.78 is 18.8. The van der Waals surface area contributed by atoms with Crippen LogP contribution in [0, 0.1) is 0 Å². The van der Waals surface area contributed by atoms with Crippen LogP contribution in [-0.4, -0.2) is 54.9 Å². The van der Waals surface area contributed by atoms with Crippen molar-refractivity contribution in [1.82, 2.24) is 5.32 Å². The standard InChI is InChI=1S/C33H38BrN5O5/c1-23(2)42-19-7-17-36-32(41)33(21-25-9-3-4-10-26(25)22-37-39-35)30(28-11-5-6-12-29(28)34)44-31(38-33)24-13-15-27(16-14-24)43-20-8-18-40/h3-6,9-16,23,30,40H,7-8,17-22H2,1-2H3,(H,36,41)/t30-,33-/m1/s1. The highest BCUT2D eigenvalue weighted by atomic mass is 79.9. The molecule has 0 fully saturated rings. The molecule has 0 unspecified atom stereocenters. The maximum atomic E-state index is 14.4. The van der Waals surface area contributed by atoms with Crippen LogP contribution < -0.4 is 10.1 Å². The molecule has 0 aromatic heterocycles. The third-order valence-corrected chi connectivity index (χ3v) is 7.88. The maximum absolute atomic E-state index is 14.4. The molecule has 0 spiro atoms. The Hall–Kier alpha value is -3.89. The average molecular weight is 665 g/mol. The molecule has 2 atom stereocenters. The van der Waals surface area contributed by atoms with E-state index in [1.165, 1.54) is 0 Å². The van der Waals surface area contributed by atoms with Gasteiger partial charge in [0.25, 0.3) is 5.91 Å². The molecule has 2 N–H and O–H groups in total. The first-order valence-electron chi connectivity index (χ1n) is 14.7. The number of azide groups is 1. The Morgan fingerprint density at radius 1 is 1.09 bits per heavy atom. The van der Waals surface area contributed by atoms with E-state index in [4.69, 9.17) is 29.8 Å². The number of nitrogens with one attached hydrogen (secondary N) is 1. The molecule has 1 amide bonds. The van der Waals surface area contributed by atoms with E-state index >= 15 is 0 Å². The van der Waals surface area contributed by atoms with Crippen molar-refractivity contribution in [2.24, 2.45) is 10.1 Å². The van der Waals surface area contributed by atoms with Gasteiger partial charge < -0.3 is 24.6 Å². The minimum absolute atomic E-state index is 0.0556. The van der Waals surface area contributed by atoms with Gasteiger partial charge in [-0.2, -0.15) is 0 Å². The second-order valence-corrected chi connectivity index (χ2v) is 11.5. The van der Waals surface area contributed by atoms with Crippen molar-refractivity contribution in [2.45, 2.75) is 57.4 Å². The monoisotopic (exact) mass is 663 g/mol. The molecular weight excluding hydrogens is 626 g/mol. The number of benzene rings is 3. The van der Waals surface area contributed by atoms with Crippen molar-refractivity contribution >= 4 is 27.7 Å². The summed E-state index contributed by atoms with van der Waals surface area (Å²) in [5.41, 5.74) is 10.7. The van der Waals surface area contributed by atoms with E-state index in [2.05, 4.69) is 31.3 Å². The first kappa shape index (κ1) is 33.0. The Balaban J connectivity index is 1.77. The highest BCUT2D eigenvalue weighted by molar-refractivity contribution is 9.10. The molecule has 10 nitrogen and oxygen atoms in total. The van der Waals surface area contributed by atoms with E-state index in [-0.39, 0.29) is 31.6 Å². The van der Waals surface area contributed by atoms with Crippen LogP contribution in [0.5, 0.6) is 5.75 Å². The van der Waals surface area contributed by atoms with Crippen molar-refractivity contribution in [3.63, 3.8) is 0 Å². The van der Waals surface area contributed by atoms with Crippen molar-refractivity contribution < 1.29 is 24.1 Å². The second kappa shape index (κ2) is 16.3. The fourth-order valence-corrected chi connectivity index (χ4v) is 5.47. The molecule has 0 bridgehead atoms. The normalized spacial score (nSPS) is 17.5. The summed E-state index contributed by atoms with van der Waals surface area (Å²) in [5, 5.41) is 15.9. The fourth-order valence-electron chi connectivity index (χ4n) is 4.98. The summed E-state index contributed by atoms with van der Waals surface area (Å²) in [5.74, 6) is 0.710. The van der Waals surface area contributed by atoms with Crippen molar-refractivity contribution in [1.29, 1.82) is 0 Å². The van der Waals surface area contributed by atoms with Crippen molar-refractivity contribution in [2.75, 3.05) is 26.4 Å². The zero-order valence-electron chi connectivity index (χ0n) is 25.0. The Kier molecular flexibility index (Phi) is 12.2. The number of aliphatic imine (C=N–C) groups is 1. The van der Waals surface area contributed by atoms with E-state index in [1.54, 1.807) is 0 Å². The molecule has 0 saturated heterocycles. The van der Waals surface area contributed by atoms with Crippen LogP contribution in [0.25, 0.3) is 10.4 Å². The minimum Gasteiger partial charge on any atom is -0.494 e. The molecule has 1 aliphatic heterocycles. The number of amides is 1. The summed E-state index contributed by atoms with van der Waals surface area (Å²) in [6.45, 7) is 5.48. The number of aliphatic hydroxyl groups is 1. The molecule has 11 heteroatoms. The SMILES string of the molecule is CC(C)OCCCNC(=O)[C@]1(Cc2ccccc2CN=[N+]=[N-])N=C(c2ccc(OCCCO)cc2)O[C@@H]1c1ccccc1Br. The Morgan fingerprint density at radius 2 is 1.82 bits per heavy atom. The molecule has 3 aromatic carbocycles. The number of aliphatic hydroxyl groups excluding tert-OH is 1. The zero-order chi connectivity index (χ0) is 31.4. The summed E-state index contributed by atoms with van der Waals surface area (Å²) in [4.78, 5) is 22.4. The Bertz CT molecular complexity index is 1480. The van der Waals surface area contributed by atoms with Gasteiger partial charge in [0, 0.05) is 53.1 Å². The van der Waals surface area contributed by atoms with E-state index in [0.29, 0.717) is 49.8 Å². The number of ether oxygens (including phenoxy) is 3. The summed E-state index contributed by atoms with van der Waals surface area (Å²) in [7, 11) is 0. The smallest absolute Gasteiger partial charge is 0.252 e. The van der Waals surface area contributed by atoms with E-state index in [9.17, 15) is 4.79 Å². The lowest BCUT2D eigenvalue weighted by atomic mass is 9.81. The third kappa shape index (κ3) is 8.39. The fraction of sp³-hybridized carbons (Fsp3) is 0.394. The van der Waals surface area contributed by atoms with Gasteiger partial charge in [0.1, 0.15) is 5.75 Å². The molecule has 44 heavy (non-hydrogen) atoms. The van der Waals surface area contributed by atoms with Crippen LogP contribution in [0.2, 0.25) is 0 Å². The van der Waals surface area contributed by atoms with E-state index < -0.39 is 11.6 Å². The molecule has 1 aliphatic rings. The number of rotatable bonds is 16. The molecule has 0 saturated carbocycles.